The van der Waals surface area contributed by atoms with Gasteiger partial charge in [-0.2, -0.15) is 0 Å². The van der Waals surface area contributed by atoms with Gasteiger partial charge in [-0.25, -0.2) is 13.2 Å². The maximum Gasteiger partial charge on any atom is 0.315 e. The van der Waals surface area contributed by atoms with E-state index in [1.807, 2.05) is 0 Å². The zero-order valence-corrected chi connectivity index (χ0v) is 12.8. The number of carbonyl (C=O) groups is 2. The molecule has 1 aromatic heterocycles. The molecule has 1 fully saturated rings. The minimum absolute atomic E-state index is 0.00416. The van der Waals surface area contributed by atoms with Crippen LogP contribution in [0.4, 0.5) is 4.79 Å². The Hall–Kier alpha value is -2.03. The van der Waals surface area contributed by atoms with Gasteiger partial charge in [0.25, 0.3) is 0 Å². The second kappa shape index (κ2) is 7.30. The summed E-state index contributed by atoms with van der Waals surface area (Å²) in [7, 11) is -3.01. The summed E-state index contributed by atoms with van der Waals surface area (Å²) in [6, 6.07) is 2.75. The molecular formula is C13H19N3O5S. The zero-order chi connectivity index (χ0) is 16.0. The van der Waals surface area contributed by atoms with Crippen LogP contribution in [0.3, 0.4) is 0 Å². The van der Waals surface area contributed by atoms with Crippen molar-refractivity contribution in [2.24, 2.45) is 0 Å². The average Bonchev–Trinajstić information content (AvgIpc) is 3.06. The third kappa shape index (κ3) is 5.40. The molecule has 0 saturated carbocycles. The number of nitrogens with one attached hydrogen (secondary N) is 3. The monoisotopic (exact) mass is 329 g/mol. The van der Waals surface area contributed by atoms with Crippen LogP contribution in [0.25, 0.3) is 0 Å². The lowest BCUT2D eigenvalue weighted by molar-refractivity contribution is -0.121. The van der Waals surface area contributed by atoms with E-state index in [0.29, 0.717) is 12.2 Å². The summed E-state index contributed by atoms with van der Waals surface area (Å²) < 4.78 is 27.6. The van der Waals surface area contributed by atoms with E-state index < -0.39 is 15.9 Å². The van der Waals surface area contributed by atoms with E-state index in [-0.39, 0.29) is 43.0 Å². The molecule has 3 amide bonds. The van der Waals surface area contributed by atoms with Crippen LogP contribution in [0, 0.1) is 0 Å². The van der Waals surface area contributed by atoms with E-state index in [1.54, 1.807) is 12.1 Å². The summed E-state index contributed by atoms with van der Waals surface area (Å²) >= 11 is 0. The van der Waals surface area contributed by atoms with Gasteiger partial charge in [-0.15, -0.1) is 0 Å². The number of hydrogen-bond acceptors (Lipinski definition) is 5. The molecule has 0 unspecified atom stereocenters. The first kappa shape index (κ1) is 16.3. The Bertz CT molecular complexity index is 612. The van der Waals surface area contributed by atoms with Gasteiger partial charge >= 0.3 is 6.03 Å². The van der Waals surface area contributed by atoms with Crippen molar-refractivity contribution in [2.75, 3.05) is 18.1 Å². The molecule has 2 rings (SSSR count). The summed E-state index contributed by atoms with van der Waals surface area (Å²) in [5, 5.41) is 7.79. The number of rotatable bonds is 6. The van der Waals surface area contributed by atoms with E-state index >= 15 is 0 Å². The van der Waals surface area contributed by atoms with Gasteiger partial charge in [0.15, 0.2) is 9.84 Å². The van der Waals surface area contributed by atoms with Gasteiger partial charge in [-0.3, -0.25) is 4.79 Å². The normalized spacial score (nSPS) is 19.5. The topological polar surface area (TPSA) is 118 Å². The summed E-state index contributed by atoms with van der Waals surface area (Å²) in [6.45, 7) is 0.445. The highest BCUT2D eigenvalue weighted by Crippen LogP contribution is 2.11. The molecule has 1 aromatic rings. The van der Waals surface area contributed by atoms with Gasteiger partial charge in [0.1, 0.15) is 5.76 Å². The van der Waals surface area contributed by atoms with Crippen molar-refractivity contribution in [3.63, 3.8) is 0 Å². The van der Waals surface area contributed by atoms with Crippen molar-refractivity contribution < 1.29 is 22.4 Å². The lowest BCUT2D eigenvalue weighted by Crippen LogP contribution is -2.40. The molecule has 22 heavy (non-hydrogen) atoms. The van der Waals surface area contributed by atoms with Crippen LogP contribution in [0.1, 0.15) is 18.6 Å². The van der Waals surface area contributed by atoms with Crippen molar-refractivity contribution >= 4 is 21.8 Å². The predicted molar refractivity (Wildman–Crippen MR) is 78.8 cm³/mol. The third-order valence-electron chi connectivity index (χ3n) is 3.24. The standard InChI is InChI=1S/C13H19N3O5S/c17-12(16-10-4-7-22(19,20)9-10)3-5-14-13(18)15-8-11-2-1-6-21-11/h1-2,6,10H,3-5,7-9H2,(H,16,17)(H2,14,15,18)/t10-/m0/s1. The molecule has 1 aliphatic heterocycles. The Morgan fingerprint density at radius 1 is 1.32 bits per heavy atom. The smallest absolute Gasteiger partial charge is 0.315 e. The zero-order valence-electron chi connectivity index (χ0n) is 12.0. The molecule has 3 N–H and O–H groups in total. The summed E-state index contributed by atoms with van der Waals surface area (Å²) in [5.74, 6) is 0.477. The van der Waals surface area contributed by atoms with Crippen molar-refractivity contribution in [1.29, 1.82) is 0 Å². The van der Waals surface area contributed by atoms with Gasteiger partial charge in [0, 0.05) is 19.0 Å². The third-order valence-corrected chi connectivity index (χ3v) is 5.01. The van der Waals surface area contributed by atoms with E-state index in [1.165, 1.54) is 6.26 Å². The van der Waals surface area contributed by atoms with Crippen molar-refractivity contribution in [3.8, 4) is 0 Å². The highest BCUT2D eigenvalue weighted by Gasteiger charge is 2.28. The lowest BCUT2D eigenvalue weighted by atomic mass is 10.2. The van der Waals surface area contributed by atoms with Crippen molar-refractivity contribution in [3.05, 3.63) is 24.2 Å². The Balaban J connectivity index is 1.57. The van der Waals surface area contributed by atoms with Crippen LogP contribution < -0.4 is 16.0 Å². The molecule has 122 valence electrons. The quantitative estimate of drug-likeness (QED) is 0.666. The number of carbonyl (C=O) groups excluding carboxylic acids is 2. The highest BCUT2D eigenvalue weighted by atomic mass is 32.2. The van der Waals surface area contributed by atoms with Crippen LogP contribution in [-0.2, 0) is 21.2 Å². The largest absolute Gasteiger partial charge is 0.467 e. The maximum absolute atomic E-state index is 11.6. The fraction of sp³-hybridized carbons (Fsp3) is 0.538. The molecule has 1 saturated heterocycles. The van der Waals surface area contributed by atoms with Gasteiger partial charge in [0.05, 0.1) is 24.3 Å². The fourth-order valence-electron chi connectivity index (χ4n) is 2.14. The highest BCUT2D eigenvalue weighted by molar-refractivity contribution is 7.91. The SMILES string of the molecule is O=C(CCNC(=O)NCc1ccco1)N[C@H]1CCS(=O)(=O)C1. The second-order valence-electron chi connectivity index (χ2n) is 5.11. The maximum atomic E-state index is 11.6. The van der Waals surface area contributed by atoms with Crippen LogP contribution in [0.15, 0.2) is 22.8 Å². The number of furan rings is 1. The Kier molecular flexibility index (Phi) is 5.42. The molecule has 9 heteroatoms. The minimum Gasteiger partial charge on any atom is -0.467 e. The average molecular weight is 329 g/mol. The first-order chi connectivity index (χ1) is 10.4. The van der Waals surface area contributed by atoms with Gasteiger partial charge in [-0.05, 0) is 18.6 Å². The first-order valence-electron chi connectivity index (χ1n) is 6.98. The van der Waals surface area contributed by atoms with Gasteiger partial charge < -0.3 is 20.4 Å². The molecule has 0 spiro atoms. The number of sulfone groups is 1. The molecular weight excluding hydrogens is 310 g/mol. The molecule has 0 aliphatic carbocycles. The predicted octanol–water partition coefficient (Wildman–Crippen LogP) is -0.228. The van der Waals surface area contributed by atoms with Crippen LogP contribution >= 0.6 is 0 Å². The Labute approximate surface area is 128 Å². The first-order valence-corrected chi connectivity index (χ1v) is 8.80. The summed E-state index contributed by atoms with van der Waals surface area (Å²) in [4.78, 5) is 23.1. The Morgan fingerprint density at radius 2 is 2.14 bits per heavy atom. The molecule has 1 aliphatic rings. The summed E-state index contributed by atoms with van der Waals surface area (Å²) in [6.07, 6.45) is 2.07. The van der Waals surface area contributed by atoms with Crippen LogP contribution in [0.2, 0.25) is 0 Å². The number of urea groups is 1. The fourth-order valence-corrected chi connectivity index (χ4v) is 3.81. The molecule has 8 nitrogen and oxygen atoms in total. The molecule has 1 atom stereocenters. The number of amides is 3. The summed E-state index contributed by atoms with van der Waals surface area (Å²) in [5.41, 5.74) is 0. The van der Waals surface area contributed by atoms with E-state index in [2.05, 4.69) is 16.0 Å². The Morgan fingerprint density at radius 3 is 2.77 bits per heavy atom. The molecule has 0 aromatic carbocycles. The van der Waals surface area contributed by atoms with Crippen LogP contribution in [-0.4, -0.2) is 44.4 Å². The lowest BCUT2D eigenvalue weighted by Gasteiger charge is -2.11. The van der Waals surface area contributed by atoms with Crippen molar-refractivity contribution in [2.45, 2.75) is 25.4 Å². The van der Waals surface area contributed by atoms with Crippen LogP contribution in [0.5, 0.6) is 0 Å². The molecule has 2 heterocycles. The van der Waals surface area contributed by atoms with E-state index in [9.17, 15) is 18.0 Å². The van der Waals surface area contributed by atoms with Gasteiger partial charge in [-0.1, -0.05) is 0 Å². The minimum atomic E-state index is -3.01. The van der Waals surface area contributed by atoms with E-state index in [4.69, 9.17) is 4.42 Å². The molecule has 0 bridgehead atoms. The van der Waals surface area contributed by atoms with Gasteiger partial charge in [0.2, 0.25) is 5.91 Å². The van der Waals surface area contributed by atoms with Crippen molar-refractivity contribution in [1.82, 2.24) is 16.0 Å². The second-order valence-corrected chi connectivity index (χ2v) is 7.34. The number of hydrogen-bond donors (Lipinski definition) is 3. The molecule has 0 radical (unpaired) electrons. The van der Waals surface area contributed by atoms with E-state index in [0.717, 1.165) is 0 Å².